The fraction of sp³-hybridized carbons (Fsp3) is 0.571. The van der Waals surface area contributed by atoms with Crippen molar-refractivity contribution in [2.75, 3.05) is 25.0 Å². The predicted molar refractivity (Wildman–Crippen MR) is 84.5 cm³/mol. The van der Waals surface area contributed by atoms with Crippen LogP contribution in [0.2, 0.25) is 0 Å². The topological polar surface area (TPSA) is 92.6 Å². The Morgan fingerprint density at radius 2 is 1.86 bits per heavy atom. The Kier molecular flexibility index (Phi) is 4.72. The summed E-state index contributed by atoms with van der Waals surface area (Å²) in [6.45, 7) is 5.72. The van der Waals surface area contributed by atoms with Crippen LogP contribution in [-0.2, 0) is 10.0 Å². The Morgan fingerprint density at radius 1 is 1.27 bits per heavy atom. The van der Waals surface area contributed by atoms with Gasteiger partial charge in [0.05, 0.1) is 9.82 Å². The van der Waals surface area contributed by atoms with Crippen molar-refractivity contribution in [3.05, 3.63) is 28.3 Å². The fourth-order valence-electron chi connectivity index (χ4n) is 3.06. The number of nitro groups is 1. The van der Waals surface area contributed by atoms with E-state index >= 15 is 0 Å². The molecule has 0 saturated carbocycles. The van der Waals surface area contributed by atoms with Gasteiger partial charge in [0.1, 0.15) is 5.69 Å². The molecule has 1 aliphatic heterocycles. The van der Waals surface area contributed by atoms with Gasteiger partial charge < -0.3 is 4.90 Å². The third-order valence-electron chi connectivity index (χ3n) is 3.93. The molecule has 7 nitrogen and oxygen atoms in total. The largest absolute Gasteiger partial charge is 0.365 e. The van der Waals surface area contributed by atoms with Crippen LogP contribution < -0.4 is 9.62 Å². The molecule has 1 N–H and O–H groups in total. The lowest BCUT2D eigenvalue weighted by Crippen LogP contribution is -2.39. The highest BCUT2D eigenvalue weighted by Crippen LogP contribution is 2.34. The molecular formula is C14H21N3O4S. The first-order chi connectivity index (χ1) is 10.2. The van der Waals surface area contributed by atoms with Gasteiger partial charge in [-0.25, -0.2) is 13.1 Å². The normalized spacial score (nSPS) is 22.6. The molecule has 0 aliphatic carbocycles. The van der Waals surface area contributed by atoms with Crippen LogP contribution >= 0.6 is 0 Å². The van der Waals surface area contributed by atoms with E-state index in [2.05, 4.69) is 18.6 Å². The zero-order valence-corrected chi connectivity index (χ0v) is 13.8. The van der Waals surface area contributed by atoms with E-state index in [1.807, 2.05) is 4.90 Å². The number of hydrogen-bond donors (Lipinski definition) is 1. The maximum Gasteiger partial charge on any atom is 0.293 e. The lowest BCUT2D eigenvalue weighted by atomic mass is 9.91. The Bertz CT molecular complexity index is 665. The van der Waals surface area contributed by atoms with Gasteiger partial charge in [-0.1, -0.05) is 13.8 Å². The number of nitro benzene ring substituents is 1. The van der Waals surface area contributed by atoms with Crippen LogP contribution in [0.25, 0.3) is 0 Å². The third-order valence-corrected chi connectivity index (χ3v) is 5.34. The summed E-state index contributed by atoms with van der Waals surface area (Å²) in [5.74, 6) is 0.896. The third kappa shape index (κ3) is 3.38. The van der Waals surface area contributed by atoms with E-state index in [1.54, 1.807) is 0 Å². The molecule has 1 aromatic rings. The second kappa shape index (κ2) is 6.21. The summed E-state index contributed by atoms with van der Waals surface area (Å²) in [6.07, 6.45) is 1.09. The molecule has 1 fully saturated rings. The first-order valence-corrected chi connectivity index (χ1v) is 8.70. The molecule has 2 rings (SSSR count). The molecule has 122 valence electrons. The van der Waals surface area contributed by atoms with E-state index in [4.69, 9.17) is 0 Å². The number of rotatable bonds is 4. The molecular weight excluding hydrogens is 306 g/mol. The second-order valence-corrected chi connectivity index (χ2v) is 7.85. The van der Waals surface area contributed by atoms with Crippen LogP contribution in [0, 0.1) is 22.0 Å². The van der Waals surface area contributed by atoms with Crippen molar-refractivity contribution in [1.29, 1.82) is 0 Å². The first kappa shape index (κ1) is 16.7. The number of nitrogens with zero attached hydrogens (tertiary/aromatic N) is 2. The average molecular weight is 327 g/mol. The molecule has 0 unspecified atom stereocenters. The van der Waals surface area contributed by atoms with E-state index in [9.17, 15) is 18.5 Å². The molecule has 0 spiro atoms. The van der Waals surface area contributed by atoms with Gasteiger partial charge >= 0.3 is 0 Å². The van der Waals surface area contributed by atoms with E-state index < -0.39 is 14.9 Å². The number of hydrogen-bond acceptors (Lipinski definition) is 5. The minimum absolute atomic E-state index is 0.0939. The monoisotopic (exact) mass is 327 g/mol. The quantitative estimate of drug-likeness (QED) is 0.674. The van der Waals surface area contributed by atoms with Crippen LogP contribution in [-0.4, -0.2) is 33.5 Å². The lowest BCUT2D eigenvalue weighted by Gasteiger charge is -2.36. The smallest absolute Gasteiger partial charge is 0.293 e. The molecule has 1 aliphatic rings. The summed E-state index contributed by atoms with van der Waals surface area (Å²) < 4.78 is 25.8. The molecule has 0 amide bonds. The Hall–Kier alpha value is -1.67. The van der Waals surface area contributed by atoms with Crippen molar-refractivity contribution in [3.8, 4) is 0 Å². The summed E-state index contributed by atoms with van der Waals surface area (Å²) in [6, 6.07) is 4.08. The van der Waals surface area contributed by atoms with Gasteiger partial charge in [-0.05, 0) is 37.4 Å². The van der Waals surface area contributed by atoms with E-state index in [1.165, 1.54) is 19.2 Å². The molecule has 8 heteroatoms. The summed E-state index contributed by atoms with van der Waals surface area (Å²) >= 11 is 0. The summed E-state index contributed by atoms with van der Waals surface area (Å²) in [7, 11) is -2.42. The second-order valence-electron chi connectivity index (χ2n) is 5.97. The summed E-state index contributed by atoms with van der Waals surface area (Å²) in [4.78, 5) is 12.7. The van der Waals surface area contributed by atoms with Crippen molar-refractivity contribution in [2.24, 2.45) is 11.8 Å². The minimum atomic E-state index is -3.70. The maximum absolute atomic E-state index is 11.8. The Balaban J connectivity index is 2.46. The number of piperidine rings is 1. The highest BCUT2D eigenvalue weighted by Gasteiger charge is 2.28. The van der Waals surface area contributed by atoms with Gasteiger partial charge in [0.15, 0.2) is 0 Å². The van der Waals surface area contributed by atoms with Gasteiger partial charge in [-0.2, -0.15) is 0 Å². The van der Waals surface area contributed by atoms with Crippen LogP contribution in [0.5, 0.6) is 0 Å². The van der Waals surface area contributed by atoms with Gasteiger partial charge in [-0.15, -0.1) is 0 Å². The van der Waals surface area contributed by atoms with E-state index in [0.29, 0.717) is 17.5 Å². The number of nitrogens with one attached hydrogen (secondary N) is 1. The Labute approximate surface area is 130 Å². The number of anilines is 1. The number of benzene rings is 1. The number of sulfonamides is 1. The fourth-order valence-corrected chi connectivity index (χ4v) is 3.81. The van der Waals surface area contributed by atoms with Gasteiger partial charge in [0.25, 0.3) is 5.69 Å². The SMILES string of the molecule is CNS(=O)(=O)c1ccc(N2C[C@@H](C)C[C@H](C)C2)c([N+](=O)[O-])c1. The highest BCUT2D eigenvalue weighted by molar-refractivity contribution is 7.89. The highest BCUT2D eigenvalue weighted by atomic mass is 32.2. The summed E-state index contributed by atoms with van der Waals surface area (Å²) in [5, 5.41) is 11.4. The molecule has 22 heavy (non-hydrogen) atoms. The lowest BCUT2D eigenvalue weighted by molar-refractivity contribution is -0.384. The molecule has 1 aromatic carbocycles. The zero-order valence-electron chi connectivity index (χ0n) is 12.9. The van der Waals surface area contributed by atoms with Gasteiger partial charge in [-0.3, -0.25) is 10.1 Å². The van der Waals surface area contributed by atoms with Crippen LogP contribution in [0.15, 0.2) is 23.1 Å². The standard InChI is InChI=1S/C14H21N3O4S/c1-10-6-11(2)9-16(8-10)13-5-4-12(22(20,21)15-3)7-14(13)17(18)19/h4-5,7,10-11,15H,6,8-9H2,1-3H3/t10-,11-/m0/s1. The first-order valence-electron chi connectivity index (χ1n) is 7.21. The van der Waals surface area contributed by atoms with Crippen molar-refractivity contribution in [3.63, 3.8) is 0 Å². The molecule has 0 aromatic heterocycles. The molecule has 1 heterocycles. The molecule has 1 saturated heterocycles. The van der Waals surface area contributed by atoms with Crippen LogP contribution in [0.4, 0.5) is 11.4 Å². The molecule has 2 atom stereocenters. The average Bonchev–Trinajstić information content (AvgIpc) is 2.45. The van der Waals surface area contributed by atoms with Crippen molar-refractivity contribution in [2.45, 2.75) is 25.2 Å². The van der Waals surface area contributed by atoms with Gasteiger partial charge in [0, 0.05) is 19.2 Å². The summed E-state index contributed by atoms with van der Waals surface area (Å²) in [5.41, 5.74) is 0.316. The van der Waals surface area contributed by atoms with Crippen LogP contribution in [0.1, 0.15) is 20.3 Å². The van der Waals surface area contributed by atoms with Crippen molar-refractivity contribution < 1.29 is 13.3 Å². The molecule has 0 bridgehead atoms. The van der Waals surface area contributed by atoms with Gasteiger partial charge in [0.2, 0.25) is 10.0 Å². The van der Waals surface area contributed by atoms with Crippen LogP contribution in [0.3, 0.4) is 0 Å². The predicted octanol–water partition coefficient (Wildman–Crippen LogP) is 1.99. The molecule has 0 radical (unpaired) electrons. The maximum atomic E-state index is 11.8. The van der Waals surface area contributed by atoms with Crippen molar-refractivity contribution >= 4 is 21.4 Å². The zero-order chi connectivity index (χ0) is 16.5. The van der Waals surface area contributed by atoms with Crippen molar-refractivity contribution in [1.82, 2.24) is 4.72 Å². The van der Waals surface area contributed by atoms with E-state index in [0.717, 1.165) is 25.6 Å². The Morgan fingerprint density at radius 3 is 2.36 bits per heavy atom. The minimum Gasteiger partial charge on any atom is -0.365 e. The van der Waals surface area contributed by atoms with E-state index in [-0.39, 0.29) is 10.6 Å².